The fraction of sp³-hybridized carbons (Fsp3) is 0.625. The zero-order valence-electron chi connectivity index (χ0n) is 8.57. The van der Waals surface area contributed by atoms with E-state index in [0.717, 1.165) is 5.75 Å². The third-order valence-corrected chi connectivity index (χ3v) is 2.97. The maximum absolute atomic E-state index is 8.86. The molecule has 0 fully saturated rings. The van der Waals surface area contributed by atoms with Gasteiger partial charge in [0.15, 0.2) is 5.16 Å². The summed E-state index contributed by atoms with van der Waals surface area (Å²) in [7, 11) is 1.72. The lowest BCUT2D eigenvalue weighted by molar-refractivity contribution is 0.250. The molecule has 5 nitrogen and oxygen atoms in total. The lowest BCUT2D eigenvalue weighted by atomic mass is 10.2. The van der Waals surface area contributed by atoms with Crippen molar-refractivity contribution in [2.24, 2.45) is 5.92 Å². The van der Waals surface area contributed by atoms with Gasteiger partial charge in [-0.25, -0.2) is 0 Å². The summed E-state index contributed by atoms with van der Waals surface area (Å²) in [6.07, 6.45) is 0. The van der Waals surface area contributed by atoms with E-state index in [9.17, 15) is 0 Å². The summed E-state index contributed by atoms with van der Waals surface area (Å²) in [6.45, 7) is 2.11. The van der Waals surface area contributed by atoms with Crippen molar-refractivity contribution in [1.29, 1.82) is 0 Å². The SMILES string of the molecule is CNc1nc(Cl)nc(SCC(C)CO)n1. The lowest BCUT2D eigenvalue weighted by Crippen LogP contribution is -2.05. The zero-order chi connectivity index (χ0) is 11.3. The second-order valence-corrected chi connectivity index (χ2v) is 4.38. The van der Waals surface area contributed by atoms with Gasteiger partial charge in [0.05, 0.1) is 0 Å². The van der Waals surface area contributed by atoms with Crippen molar-refractivity contribution in [3.63, 3.8) is 0 Å². The number of hydrogen-bond acceptors (Lipinski definition) is 6. The standard InChI is InChI=1S/C8H13ClN4OS/c1-5(3-14)4-15-8-12-6(9)11-7(10-2)13-8/h5,14H,3-4H2,1-2H3,(H,10,11,12,13). The molecule has 1 aromatic heterocycles. The van der Waals surface area contributed by atoms with Crippen LogP contribution in [0.4, 0.5) is 5.95 Å². The van der Waals surface area contributed by atoms with E-state index in [4.69, 9.17) is 16.7 Å². The normalized spacial score (nSPS) is 12.5. The summed E-state index contributed by atoms with van der Waals surface area (Å²) in [4.78, 5) is 12.0. The van der Waals surface area contributed by atoms with E-state index >= 15 is 0 Å². The maximum Gasteiger partial charge on any atom is 0.228 e. The number of thioether (sulfide) groups is 1. The van der Waals surface area contributed by atoms with Crippen molar-refractivity contribution >= 4 is 29.3 Å². The van der Waals surface area contributed by atoms with Gasteiger partial charge < -0.3 is 10.4 Å². The van der Waals surface area contributed by atoms with Crippen LogP contribution in [0, 0.1) is 5.92 Å². The fourth-order valence-electron chi connectivity index (χ4n) is 0.778. The van der Waals surface area contributed by atoms with Crippen molar-refractivity contribution in [2.45, 2.75) is 12.1 Å². The molecule has 1 rings (SSSR count). The van der Waals surface area contributed by atoms with Crippen molar-refractivity contribution in [1.82, 2.24) is 15.0 Å². The van der Waals surface area contributed by atoms with Crippen LogP contribution >= 0.6 is 23.4 Å². The van der Waals surface area contributed by atoms with Gasteiger partial charge in [-0.15, -0.1) is 0 Å². The van der Waals surface area contributed by atoms with E-state index in [1.807, 2.05) is 6.92 Å². The highest BCUT2D eigenvalue weighted by atomic mass is 35.5. The van der Waals surface area contributed by atoms with E-state index in [0.29, 0.717) is 11.1 Å². The molecule has 0 spiro atoms. The second-order valence-electron chi connectivity index (χ2n) is 3.06. The Morgan fingerprint density at radius 1 is 1.47 bits per heavy atom. The molecule has 0 aliphatic heterocycles. The Balaban J connectivity index is 2.64. The van der Waals surface area contributed by atoms with Gasteiger partial charge in [-0.05, 0) is 17.5 Å². The molecule has 15 heavy (non-hydrogen) atoms. The first-order valence-electron chi connectivity index (χ1n) is 4.48. The summed E-state index contributed by atoms with van der Waals surface area (Å²) < 4.78 is 0. The Bertz CT molecular complexity index is 326. The molecule has 7 heteroatoms. The molecule has 0 aromatic carbocycles. The van der Waals surface area contributed by atoms with Crippen LogP contribution in [0.5, 0.6) is 0 Å². The molecule has 0 aliphatic carbocycles. The second kappa shape index (κ2) is 6.09. The maximum atomic E-state index is 8.86. The Labute approximate surface area is 97.7 Å². The van der Waals surface area contributed by atoms with E-state index in [-0.39, 0.29) is 17.8 Å². The largest absolute Gasteiger partial charge is 0.396 e. The van der Waals surface area contributed by atoms with Gasteiger partial charge in [-0.1, -0.05) is 18.7 Å². The van der Waals surface area contributed by atoms with Crippen molar-refractivity contribution in [3.8, 4) is 0 Å². The predicted octanol–water partition coefficient (Wildman–Crippen LogP) is 1.29. The highest BCUT2D eigenvalue weighted by Gasteiger charge is 2.06. The first-order valence-corrected chi connectivity index (χ1v) is 5.85. The van der Waals surface area contributed by atoms with Crippen molar-refractivity contribution in [3.05, 3.63) is 5.28 Å². The number of hydrogen-bond donors (Lipinski definition) is 2. The minimum Gasteiger partial charge on any atom is -0.396 e. The van der Waals surface area contributed by atoms with Crippen LogP contribution in [0.1, 0.15) is 6.92 Å². The molecule has 2 N–H and O–H groups in total. The summed E-state index contributed by atoms with van der Waals surface area (Å²) in [5.41, 5.74) is 0. The van der Waals surface area contributed by atoms with Crippen LogP contribution in [-0.4, -0.2) is 39.5 Å². The van der Waals surface area contributed by atoms with Crippen LogP contribution in [0.15, 0.2) is 5.16 Å². The van der Waals surface area contributed by atoms with Crippen LogP contribution in [0.3, 0.4) is 0 Å². The summed E-state index contributed by atoms with van der Waals surface area (Å²) >= 11 is 7.16. The lowest BCUT2D eigenvalue weighted by Gasteiger charge is -2.06. The van der Waals surface area contributed by atoms with E-state index in [1.165, 1.54) is 11.8 Å². The van der Waals surface area contributed by atoms with Gasteiger partial charge in [-0.2, -0.15) is 15.0 Å². The van der Waals surface area contributed by atoms with E-state index < -0.39 is 0 Å². The molecule has 0 bridgehead atoms. The molecule has 84 valence electrons. The van der Waals surface area contributed by atoms with E-state index in [1.54, 1.807) is 7.05 Å². The molecule has 0 aliphatic rings. The van der Waals surface area contributed by atoms with E-state index in [2.05, 4.69) is 20.3 Å². The molecule has 1 aromatic rings. The van der Waals surface area contributed by atoms with Gasteiger partial charge in [0, 0.05) is 19.4 Å². The molecular formula is C8H13ClN4OS. The molecule has 0 saturated heterocycles. The monoisotopic (exact) mass is 248 g/mol. The Morgan fingerprint density at radius 3 is 2.80 bits per heavy atom. The molecule has 1 atom stereocenters. The van der Waals surface area contributed by atoms with Crippen LogP contribution in [0.2, 0.25) is 5.28 Å². The minimum atomic E-state index is 0.157. The number of aliphatic hydroxyl groups excluding tert-OH is 1. The third-order valence-electron chi connectivity index (χ3n) is 1.62. The van der Waals surface area contributed by atoms with Crippen LogP contribution in [0.25, 0.3) is 0 Å². The first-order chi connectivity index (χ1) is 7.15. The zero-order valence-corrected chi connectivity index (χ0v) is 10.1. The summed E-state index contributed by atoms with van der Waals surface area (Å²) in [6, 6.07) is 0. The topological polar surface area (TPSA) is 70.9 Å². The molecule has 0 radical (unpaired) electrons. The number of nitrogens with one attached hydrogen (secondary N) is 1. The third kappa shape index (κ3) is 4.19. The average molecular weight is 249 g/mol. The van der Waals surface area contributed by atoms with Gasteiger partial charge in [0.1, 0.15) is 0 Å². The Morgan fingerprint density at radius 2 is 2.20 bits per heavy atom. The first kappa shape index (κ1) is 12.5. The van der Waals surface area contributed by atoms with Crippen molar-refractivity contribution in [2.75, 3.05) is 24.7 Å². The minimum absolute atomic E-state index is 0.157. The Hall–Kier alpha value is -0.590. The van der Waals surface area contributed by atoms with Crippen molar-refractivity contribution < 1.29 is 5.11 Å². The predicted molar refractivity (Wildman–Crippen MR) is 61.4 cm³/mol. The summed E-state index contributed by atoms with van der Waals surface area (Å²) in [5, 5.41) is 12.4. The van der Waals surface area contributed by atoms with Gasteiger partial charge in [0.25, 0.3) is 0 Å². The Kier molecular flexibility index (Phi) is 5.07. The number of halogens is 1. The van der Waals surface area contributed by atoms with Gasteiger partial charge in [0.2, 0.25) is 11.2 Å². The smallest absolute Gasteiger partial charge is 0.228 e. The van der Waals surface area contributed by atoms with Gasteiger partial charge >= 0.3 is 0 Å². The highest BCUT2D eigenvalue weighted by molar-refractivity contribution is 7.99. The molecule has 0 saturated carbocycles. The average Bonchev–Trinajstić information content (AvgIpc) is 2.25. The molecule has 0 amide bonds. The number of aromatic nitrogens is 3. The quantitative estimate of drug-likeness (QED) is 0.766. The van der Waals surface area contributed by atoms with Crippen LogP contribution < -0.4 is 5.32 Å². The molecular weight excluding hydrogens is 236 g/mol. The number of aliphatic hydroxyl groups is 1. The molecule has 1 heterocycles. The van der Waals surface area contributed by atoms with Gasteiger partial charge in [-0.3, -0.25) is 0 Å². The summed E-state index contributed by atoms with van der Waals surface area (Å²) in [5.74, 6) is 1.41. The number of anilines is 1. The van der Waals surface area contributed by atoms with Crippen LogP contribution in [-0.2, 0) is 0 Å². The fourth-order valence-corrected chi connectivity index (χ4v) is 1.83. The number of nitrogens with zero attached hydrogens (tertiary/aromatic N) is 3. The molecule has 1 unspecified atom stereocenters. The number of rotatable bonds is 5. The highest BCUT2D eigenvalue weighted by Crippen LogP contribution is 2.18.